The van der Waals surface area contributed by atoms with Crippen LogP contribution in [0.5, 0.6) is 0 Å². The summed E-state index contributed by atoms with van der Waals surface area (Å²) < 4.78 is 5.53. The fourth-order valence-corrected chi connectivity index (χ4v) is 4.20. The lowest BCUT2D eigenvalue weighted by Gasteiger charge is -2.35. The van der Waals surface area contributed by atoms with E-state index in [1.165, 1.54) is 11.3 Å². The predicted octanol–water partition coefficient (Wildman–Crippen LogP) is 4.47. The molecule has 3 rings (SSSR count). The van der Waals surface area contributed by atoms with E-state index in [0.717, 1.165) is 25.1 Å². The molecule has 7 nitrogen and oxygen atoms in total. The number of aromatic nitrogens is 1. The minimum absolute atomic E-state index is 0.0862. The molecular formula is C22H29ClN4O3S. The van der Waals surface area contributed by atoms with Crippen LogP contribution in [0, 0.1) is 0 Å². The zero-order valence-electron chi connectivity index (χ0n) is 18.1. The SMILES string of the molecule is CC(C)(C)N(CCC(=O)NCC1CCCO1)C(=O)c1csc(Nc2ccccc2Cl)n1. The van der Waals surface area contributed by atoms with E-state index in [-0.39, 0.29) is 24.3 Å². The molecule has 0 saturated carbocycles. The fourth-order valence-electron chi connectivity index (χ4n) is 3.32. The molecule has 2 aromatic rings. The van der Waals surface area contributed by atoms with Gasteiger partial charge in [-0.05, 0) is 45.7 Å². The quantitative estimate of drug-likeness (QED) is 0.602. The number of thiazole rings is 1. The minimum atomic E-state index is -0.453. The highest BCUT2D eigenvalue weighted by atomic mass is 35.5. The lowest BCUT2D eigenvalue weighted by Crippen LogP contribution is -2.47. The van der Waals surface area contributed by atoms with Crippen LogP contribution in [0.4, 0.5) is 10.8 Å². The van der Waals surface area contributed by atoms with Crippen LogP contribution in [-0.2, 0) is 9.53 Å². The molecule has 0 aliphatic carbocycles. The Hall–Kier alpha value is -2.16. The van der Waals surface area contributed by atoms with Crippen molar-refractivity contribution in [1.82, 2.24) is 15.2 Å². The van der Waals surface area contributed by atoms with Crippen molar-refractivity contribution in [2.75, 3.05) is 25.0 Å². The molecule has 1 aromatic carbocycles. The minimum Gasteiger partial charge on any atom is -0.376 e. The van der Waals surface area contributed by atoms with Crippen LogP contribution >= 0.6 is 22.9 Å². The molecule has 1 aliphatic heterocycles. The van der Waals surface area contributed by atoms with E-state index < -0.39 is 5.54 Å². The van der Waals surface area contributed by atoms with Gasteiger partial charge in [-0.1, -0.05) is 23.7 Å². The number of carbonyl (C=O) groups excluding carboxylic acids is 2. The zero-order valence-corrected chi connectivity index (χ0v) is 19.7. The molecule has 2 N–H and O–H groups in total. The van der Waals surface area contributed by atoms with Gasteiger partial charge >= 0.3 is 0 Å². The Labute approximate surface area is 192 Å². The number of benzene rings is 1. The first-order chi connectivity index (χ1) is 14.7. The molecule has 31 heavy (non-hydrogen) atoms. The maximum absolute atomic E-state index is 13.2. The summed E-state index contributed by atoms with van der Waals surface area (Å²) in [5.74, 6) is -0.292. The highest BCUT2D eigenvalue weighted by Gasteiger charge is 2.29. The summed E-state index contributed by atoms with van der Waals surface area (Å²) in [4.78, 5) is 31.6. The third kappa shape index (κ3) is 6.66. The Morgan fingerprint density at radius 3 is 2.77 bits per heavy atom. The molecule has 0 spiro atoms. The van der Waals surface area contributed by atoms with Crippen LogP contribution in [0.25, 0.3) is 0 Å². The van der Waals surface area contributed by atoms with Crippen molar-refractivity contribution in [3.8, 4) is 0 Å². The zero-order chi connectivity index (χ0) is 22.4. The molecule has 168 valence electrons. The number of rotatable bonds is 8. The molecule has 1 fully saturated rings. The Bertz CT molecular complexity index is 906. The van der Waals surface area contributed by atoms with Crippen LogP contribution in [0.2, 0.25) is 5.02 Å². The van der Waals surface area contributed by atoms with Gasteiger partial charge in [0.15, 0.2) is 5.13 Å². The van der Waals surface area contributed by atoms with Gasteiger partial charge in [-0.15, -0.1) is 11.3 Å². The lowest BCUT2D eigenvalue weighted by molar-refractivity contribution is -0.121. The van der Waals surface area contributed by atoms with Gasteiger partial charge in [-0.2, -0.15) is 0 Å². The third-order valence-electron chi connectivity index (χ3n) is 5.01. The van der Waals surface area contributed by atoms with E-state index in [2.05, 4.69) is 15.6 Å². The number of para-hydroxylation sites is 1. The summed E-state index contributed by atoms with van der Waals surface area (Å²) >= 11 is 7.52. The molecular weight excluding hydrogens is 436 g/mol. The fraction of sp³-hybridized carbons (Fsp3) is 0.500. The summed E-state index contributed by atoms with van der Waals surface area (Å²) in [5.41, 5.74) is 0.619. The average Bonchev–Trinajstić information content (AvgIpc) is 3.39. The molecule has 1 atom stereocenters. The third-order valence-corrected chi connectivity index (χ3v) is 6.09. The maximum Gasteiger partial charge on any atom is 0.273 e. The predicted molar refractivity (Wildman–Crippen MR) is 124 cm³/mol. The van der Waals surface area contributed by atoms with Crippen molar-refractivity contribution in [3.63, 3.8) is 0 Å². The largest absolute Gasteiger partial charge is 0.376 e. The van der Waals surface area contributed by atoms with Crippen molar-refractivity contribution in [1.29, 1.82) is 0 Å². The molecule has 1 saturated heterocycles. The van der Waals surface area contributed by atoms with Gasteiger partial charge in [0.2, 0.25) is 5.91 Å². The van der Waals surface area contributed by atoms with Gasteiger partial charge in [0.1, 0.15) is 5.69 Å². The summed E-state index contributed by atoms with van der Waals surface area (Å²) in [7, 11) is 0. The topological polar surface area (TPSA) is 83.6 Å². The van der Waals surface area contributed by atoms with Crippen molar-refractivity contribution < 1.29 is 14.3 Å². The number of nitrogens with one attached hydrogen (secondary N) is 2. The summed E-state index contributed by atoms with van der Waals surface area (Å²) in [5, 5.41) is 8.94. The van der Waals surface area contributed by atoms with E-state index in [1.807, 2.05) is 39.0 Å². The lowest BCUT2D eigenvalue weighted by atomic mass is 10.0. The Kier molecular flexibility index (Phi) is 7.91. The summed E-state index contributed by atoms with van der Waals surface area (Å²) in [6.45, 7) is 7.43. The van der Waals surface area contributed by atoms with Gasteiger partial charge < -0.3 is 20.3 Å². The summed E-state index contributed by atoms with van der Waals surface area (Å²) in [6, 6.07) is 7.36. The number of anilines is 2. The number of ether oxygens (including phenoxy) is 1. The van der Waals surface area contributed by atoms with E-state index in [9.17, 15) is 9.59 Å². The second-order valence-corrected chi connectivity index (χ2v) is 9.72. The van der Waals surface area contributed by atoms with Gasteiger partial charge in [0.05, 0.1) is 16.8 Å². The van der Waals surface area contributed by atoms with Gasteiger partial charge in [0.25, 0.3) is 5.91 Å². The number of halogens is 1. The van der Waals surface area contributed by atoms with Crippen molar-refractivity contribution >= 4 is 45.6 Å². The molecule has 1 unspecified atom stereocenters. The van der Waals surface area contributed by atoms with E-state index in [0.29, 0.717) is 28.9 Å². The van der Waals surface area contributed by atoms with Crippen molar-refractivity contribution in [3.05, 3.63) is 40.4 Å². The maximum atomic E-state index is 13.2. The van der Waals surface area contributed by atoms with Gasteiger partial charge in [0, 0.05) is 37.0 Å². The summed E-state index contributed by atoms with van der Waals surface area (Å²) in [6.07, 6.45) is 2.34. The normalized spacial score (nSPS) is 16.2. The number of amides is 2. The first-order valence-electron chi connectivity index (χ1n) is 10.4. The first-order valence-corrected chi connectivity index (χ1v) is 11.7. The van der Waals surface area contributed by atoms with Crippen molar-refractivity contribution in [2.24, 2.45) is 0 Å². The van der Waals surface area contributed by atoms with Crippen molar-refractivity contribution in [2.45, 2.75) is 51.7 Å². The highest BCUT2D eigenvalue weighted by molar-refractivity contribution is 7.14. The monoisotopic (exact) mass is 464 g/mol. The van der Waals surface area contributed by atoms with E-state index >= 15 is 0 Å². The number of carbonyl (C=O) groups is 2. The highest BCUT2D eigenvalue weighted by Crippen LogP contribution is 2.28. The molecule has 2 amide bonds. The van der Waals surface area contributed by atoms with Crippen LogP contribution in [-0.4, -0.2) is 53.0 Å². The Balaban J connectivity index is 1.60. The average molecular weight is 465 g/mol. The number of nitrogens with zero attached hydrogens (tertiary/aromatic N) is 2. The van der Waals surface area contributed by atoms with Crippen LogP contribution in [0.3, 0.4) is 0 Å². The van der Waals surface area contributed by atoms with Crippen LogP contribution in [0.1, 0.15) is 50.5 Å². The second-order valence-electron chi connectivity index (χ2n) is 8.46. The standard InChI is InChI=1S/C22H29ClN4O3S/c1-22(2,3)27(11-10-19(28)24-13-15-7-6-12-30-15)20(29)18-14-31-21(26-18)25-17-9-5-4-8-16(17)23/h4-5,8-9,14-15H,6-7,10-13H2,1-3H3,(H,24,28)(H,25,26). The van der Waals surface area contributed by atoms with Gasteiger partial charge in [-0.3, -0.25) is 9.59 Å². The van der Waals surface area contributed by atoms with Gasteiger partial charge in [-0.25, -0.2) is 4.98 Å². The number of hydrogen-bond acceptors (Lipinski definition) is 6. The van der Waals surface area contributed by atoms with Crippen LogP contribution in [0.15, 0.2) is 29.6 Å². The molecule has 0 radical (unpaired) electrons. The number of hydrogen-bond donors (Lipinski definition) is 2. The molecule has 9 heteroatoms. The van der Waals surface area contributed by atoms with E-state index in [4.69, 9.17) is 16.3 Å². The Morgan fingerprint density at radius 2 is 2.10 bits per heavy atom. The van der Waals surface area contributed by atoms with E-state index in [1.54, 1.807) is 16.3 Å². The second kappa shape index (κ2) is 10.4. The molecule has 1 aromatic heterocycles. The molecule has 2 heterocycles. The van der Waals surface area contributed by atoms with Crippen LogP contribution < -0.4 is 10.6 Å². The first kappa shape index (κ1) is 23.5. The Morgan fingerprint density at radius 1 is 1.32 bits per heavy atom. The molecule has 1 aliphatic rings. The molecule has 0 bridgehead atoms. The smallest absolute Gasteiger partial charge is 0.273 e.